The zero-order valence-corrected chi connectivity index (χ0v) is 12.8. The van der Waals surface area contributed by atoms with Crippen molar-refractivity contribution in [3.8, 4) is 0 Å². The minimum absolute atomic E-state index is 0.131. The van der Waals surface area contributed by atoms with Crippen LogP contribution in [0.1, 0.15) is 48.0 Å². The number of amides is 1. The highest BCUT2D eigenvalue weighted by atomic mass is 16.4. The minimum Gasteiger partial charge on any atom is -0.480 e. The number of carbonyl (C=O) groups excluding carboxylic acids is 1. The summed E-state index contributed by atoms with van der Waals surface area (Å²) in [5.74, 6) is -1.99. The molecule has 23 heavy (non-hydrogen) atoms. The molecule has 1 saturated carbocycles. The number of hydrogen-bond acceptors (Lipinski definition) is 3. The van der Waals surface area contributed by atoms with Crippen molar-refractivity contribution in [2.75, 3.05) is 0 Å². The van der Waals surface area contributed by atoms with Crippen molar-refractivity contribution >= 4 is 17.8 Å². The maximum Gasteiger partial charge on any atom is 0.335 e. The molecule has 0 aromatic heterocycles. The zero-order chi connectivity index (χ0) is 16.8. The maximum atomic E-state index is 12.0. The van der Waals surface area contributed by atoms with Gasteiger partial charge in [0.25, 0.3) is 0 Å². The maximum absolute atomic E-state index is 12.0. The van der Waals surface area contributed by atoms with Crippen LogP contribution in [0.4, 0.5) is 0 Å². The van der Waals surface area contributed by atoms with Crippen LogP contribution in [0, 0.1) is 5.92 Å². The first kappa shape index (κ1) is 17.0. The van der Waals surface area contributed by atoms with E-state index in [2.05, 4.69) is 5.32 Å². The molecule has 0 saturated heterocycles. The van der Waals surface area contributed by atoms with Gasteiger partial charge in [0.15, 0.2) is 0 Å². The SMILES string of the molecule is O=C(CC1CCCC1)N[C@@H](Cc1ccc(C(=O)O)cc1)C(=O)O. The summed E-state index contributed by atoms with van der Waals surface area (Å²) < 4.78 is 0. The molecule has 0 radical (unpaired) electrons. The van der Waals surface area contributed by atoms with Gasteiger partial charge in [-0.1, -0.05) is 25.0 Å². The molecule has 0 unspecified atom stereocenters. The van der Waals surface area contributed by atoms with E-state index in [1.54, 1.807) is 12.1 Å². The van der Waals surface area contributed by atoms with Crippen molar-refractivity contribution in [1.82, 2.24) is 5.32 Å². The van der Waals surface area contributed by atoms with Gasteiger partial charge in [-0.2, -0.15) is 0 Å². The lowest BCUT2D eigenvalue weighted by Crippen LogP contribution is -2.42. The molecule has 0 bridgehead atoms. The second-order valence-electron chi connectivity index (χ2n) is 6.02. The number of aliphatic carboxylic acids is 1. The summed E-state index contributed by atoms with van der Waals surface area (Å²) in [6.45, 7) is 0. The number of benzene rings is 1. The lowest BCUT2D eigenvalue weighted by Gasteiger charge is -2.16. The number of carboxylic acids is 2. The molecule has 1 aliphatic rings. The lowest BCUT2D eigenvalue weighted by atomic mass is 10.0. The summed E-state index contributed by atoms with van der Waals surface area (Å²) in [6.07, 6.45) is 4.84. The third-order valence-electron chi connectivity index (χ3n) is 4.22. The van der Waals surface area contributed by atoms with Crippen molar-refractivity contribution in [2.24, 2.45) is 5.92 Å². The highest BCUT2D eigenvalue weighted by Gasteiger charge is 2.23. The molecular weight excluding hydrogens is 298 g/mol. The monoisotopic (exact) mass is 319 g/mol. The predicted octanol–water partition coefficient (Wildman–Crippen LogP) is 2.08. The topological polar surface area (TPSA) is 104 Å². The highest BCUT2D eigenvalue weighted by molar-refractivity contribution is 5.87. The number of nitrogens with one attached hydrogen (secondary N) is 1. The molecule has 3 N–H and O–H groups in total. The minimum atomic E-state index is -1.09. The number of rotatable bonds is 7. The quantitative estimate of drug-likeness (QED) is 0.714. The van der Waals surface area contributed by atoms with Crippen molar-refractivity contribution < 1.29 is 24.6 Å². The molecule has 1 aliphatic carbocycles. The number of carboxylic acid groups (broad SMARTS) is 2. The van der Waals surface area contributed by atoms with Crippen LogP contribution < -0.4 is 5.32 Å². The third kappa shape index (κ3) is 5.09. The molecule has 0 heterocycles. The van der Waals surface area contributed by atoms with Crippen LogP contribution in [0.3, 0.4) is 0 Å². The molecular formula is C17H21NO5. The van der Waals surface area contributed by atoms with Crippen LogP contribution in [0.25, 0.3) is 0 Å². The van der Waals surface area contributed by atoms with Crippen molar-refractivity contribution in [3.63, 3.8) is 0 Å². The highest BCUT2D eigenvalue weighted by Crippen LogP contribution is 2.27. The summed E-state index contributed by atoms with van der Waals surface area (Å²) >= 11 is 0. The first-order valence-corrected chi connectivity index (χ1v) is 7.80. The van der Waals surface area contributed by atoms with Crippen molar-refractivity contribution in [1.29, 1.82) is 0 Å². The summed E-state index contributed by atoms with van der Waals surface area (Å²) in [6, 6.07) is 5.00. The first-order chi connectivity index (χ1) is 11.0. The van der Waals surface area contributed by atoms with E-state index in [1.165, 1.54) is 12.1 Å². The summed E-state index contributed by atoms with van der Waals surface area (Å²) in [5, 5.41) is 20.7. The van der Waals surface area contributed by atoms with Gasteiger partial charge in [-0.15, -0.1) is 0 Å². The van der Waals surface area contributed by atoms with Crippen molar-refractivity contribution in [3.05, 3.63) is 35.4 Å². The summed E-state index contributed by atoms with van der Waals surface area (Å²) in [7, 11) is 0. The zero-order valence-electron chi connectivity index (χ0n) is 12.8. The number of carbonyl (C=O) groups is 3. The van der Waals surface area contributed by atoms with Gasteiger partial charge < -0.3 is 15.5 Å². The van der Waals surface area contributed by atoms with E-state index < -0.39 is 18.0 Å². The number of hydrogen-bond donors (Lipinski definition) is 3. The first-order valence-electron chi connectivity index (χ1n) is 7.80. The molecule has 0 spiro atoms. The number of aromatic carboxylic acids is 1. The molecule has 0 aliphatic heterocycles. The van der Waals surface area contributed by atoms with E-state index in [4.69, 9.17) is 5.11 Å². The van der Waals surface area contributed by atoms with Crippen LogP contribution in [0.2, 0.25) is 0 Å². The van der Waals surface area contributed by atoms with Gasteiger partial charge in [0.05, 0.1) is 5.56 Å². The molecule has 2 rings (SSSR count). The van der Waals surface area contributed by atoms with Crippen LogP contribution in [0.5, 0.6) is 0 Å². The van der Waals surface area contributed by atoms with Crippen LogP contribution in [-0.4, -0.2) is 34.1 Å². The third-order valence-corrected chi connectivity index (χ3v) is 4.22. The Morgan fingerprint density at radius 3 is 2.22 bits per heavy atom. The molecule has 6 nitrogen and oxygen atoms in total. The molecule has 1 amide bonds. The van der Waals surface area contributed by atoms with Crippen molar-refractivity contribution in [2.45, 2.75) is 44.6 Å². The smallest absolute Gasteiger partial charge is 0.335 e. The summed E-state index contributed by atoms with van der Waals surface area (Å²) in [5.41, 5.74) is 0.814. The Hall–Kier alpha value is -2.37. The Bertz CT molecular complexity index is 575. The van der Waals surface area contributed by atoms with E-state index in [9.17, 15) is 19.5 Å². The fraction of sp³-hybridized carbons (Fsp3) is 0.471. The van der Waals surface area contributed by atoms with Gasteiger partial charge in [0, 0.05) is 12.8 Å². The van der Waals surface area contributed by atoms with Gasteiger partial charge in [-0.3, -0.25) is 4.79 Å². The fourth-order valence-corrected chi connectivity index (χ4v) is 2.95. The average Bonchev–Trinajstić information content (AvgIpc) is 2.99. The Balaban J connectivity index is 1.93. The van der Waals surface area contributed by atoms with E-state index in [-0.39, 0.29) is 17.9 Å². The molecule has 1 atom stereocenters. The average molecular weight is 319 g/mol. The van der Waals surface area contributed by atoms with E-state index in [1.807, 2.05) is 0 Å². The second kappa shape index (κ2) is 7.76. The van der Waals surface area contributed by atoms with Gasteiger partial charge >= 0.3 is 11.9 Å². The Labute approximate surface area is 134 Å². The second-order valence-corrected chi connectivity index (χ2v) is 6.02. The molecule has 124 valence electrons. The lowest BCUT2D eigenvalue weighted by molar-refractivity contribution is -0.141. The van der Waals surface area contributed by atoms with E-state index >= 15 is 0 Å². The van der Waals surface area contributed by atoms with Gasteiger partial charge in [-0.25, -0.2) is 9.59 Å². The van der Waals surface area contributed by atoms with Crippen LogP contribution >= 0.6 is 0 Å². The van der Waals surface area contributed by atoms with Crippen LogP contribution in [-0.2, 0) is 16.0 Å². The standard InChI is InChI=1S/C17H21NO5/c19-15(10-11-3-1-2-4-11)18-14(17(22)23)9-12-5-7-13(8-6-12)16(20)21/h5-8,11,14H,1-4,9-10H2,(H,18,19)(H,20,21)(H,22,23)/t14-/m0/s1. The molecule has 1 fully saturated rings. The Morgan fingerprint density at radius 2 is 1.70 bits per heavy atom. The Morgan fingerprint density at radius 1 is 1.09 bits per heavy atom. The van der Waals surface area contributed by atoms with Crippen LogP contribution in [0.15, 0.2) is 24.3 Å². The fourth-order valence-electron chi connectivity index (χ4n) is 2.95. The summed E-state index contributed by atoms with van der Waals surface area (Å²) in [4.78, 5) is 34.1. The van der Waals surface area contributed by atoms with Gasteiger partial charge in [-0.05, 0) is 36.5 Å². The molecule has 6 heteroatoms. The predicted molar refractivity (Wildman–Crippen MR) is 83.2 cm³/mol. The van der Waals surface area contributed by atoms with E-state index in [0.29, 0.717) is 17.9 Å². The molecule has 1 aromatic carbocycles. The molecule has 1 aromatic rings. The normalized spacial score (nSPS) is 16.0. The van der Waals surface area contributed by atoms with Gasteiger partial charge in [0.1, 0.15) is 6.04 Å². The largest absolute Gasteiger partial charge is 0.480 e. The Kier molecular flexibility index (Phi) is 5.73. The van der Waals surface area contributed by atoms with Gasteiger partial charge in [0.2, 0.25) is 5.91 Å². The van der Waals surface area contributed by atoms with E-state index in [0.717, 1.165) is 25.7 Å².